The second-order valence-corrected chi connectivity index (χ2v) is 5.89. The normalized spacial score (nSPS) is 19.8. The summed E-state index contributed by atoms with van der Waals surface area (Å²) in [6, 6.07) is 4.29. The van der Waals surface area contributed by atoms with Crippen molar-refractivity contribution in [3.63, 3.8) is 0 Å². The van der Waals surface area contributed by atoms with Crippen molar-refractivity contribution < 1.29 is 0 Å². The second kappa shape index (κ2) is 3.70. The van der Waals surface area contributed by atoms with Gasteiger partial charge in [0.1, 0.15) is 5.82 Å². The average molecular weight is 233 g/mol. The molecular weight excluding hydrogens is 218 g/mol. The lowest BCUT2D eigenvalue weighted by atomic mass is 10.0. The molecule has 1 unspecified atom stereocenters. The Hall–Kier alpha value is -1.16. The molecule has 4 heteroatoms. The molecule has 0 saturated carbocycles. The smallest absolute Gasteiger partial charge is 0.174 e. The summed E-state index contributed by atoms with van der Waals surface area (Å²) in [6.45, 7) is 5.48. The molecule has 3 nitrogen and oxygen atoms in total. The second-order valence-electron chi connectivity index (χ2n) is 4.60. The summed E-state index contributed by atoms with van der Waals surface area (Å²) in [7, 11) is 0. The summed E-state index contributed by atoms with van der Waals surface area (Å²) in [5.41, 5.74) is 0. The Balaban J connectivity index is 2.03. The third-order valence-corrected chi connectivity index (χ3v) is 4.16. The first-order chi connectivity index (χ1) is 7.74. The largest absolute Gasteiger partial charge is 0.310 e. The van der Waals surface area contributed by atoms with Gasteiger partial charge in [0, 0.05) is 17.8 Å². The molecule has 0 N–H and O–H groups in total. The first kappa shape index (κ1) is 10.0. The van der Waals surface area contributed by atoms with Gasteiger partial charge < -0.3 is 4.57 Å². The average Bonchev–Trinajstić information content (AvgIpc) is 2.83. The fourth-order valence-electron chi connectivity index (χ4n) is 2.22. The number of aryl methyl sites for hydroxylation is 1. The summed E-state index contributed by atoms with van der Waals surface area (Å²) in [5, 5.41) is 8.65. The van der Waals surface area contributed by atoms with Crippen LogP contribution in [0.2, 0.25) is 0 Å². The van der Waals surface area contributed by atoms with Crippen LogP contribution < -0.4 is 0 Å². The van der Waals surface area contributed by atoms with Crippen LogP contribution in [-0.4, -0.2) is 14.8 Å². The molecule has 0 amide bonds. The molecule has 0 aromatic carbocycles. The van der Waals surface area contributed by atoms with E-state index in [1.807, 2.05) is 0 Å². The Morgan fingerprint density at radius 1 is 1.38 bits per heavy atom. The maximum absolute atomic E-state index is 4.34. The molecule has 0 saturated heterocycles. The van der Waals surface area contributed by atoms with Gasteiger partial charge in [0.15, 0.2) is 5.82 Å². The van der Waals surface area contributed by atoms with Crippen molar-refractivity contribution in [3.05, 3.63) is 22.8 Å². The SMILES string of the molecule is Cc1ccc(-c2nnc3n2CCC(C)C3)s1. The van der Waals surface area contributed by atoms with Crippen LogP contribution in [-0.2, 0) is 13.0 Å². The molecule has 1 aliphatic heterocycles. The van der Waals surface area contributed by atoms with Crippen molar-refractivity contribution in [1.29, 1.82) is 0 Å². The van der Waals surface area contributed by atoms with Gasteiger partial charge in [-0.3, -0.25) is 0 Å². The minimum Gasteiger partial charge on any atom is -0.310 e. The number of rotatable bonds is 1. The maximum Gasteiger partial charge on any atom is 0.174 e. The van der Waals surface area contributed by atoms with Crippen molar-refractivity contribution in [1.82, 2.24) is 14.8 Å². The van der Waals surface area contributed by atoms with Gasteiger partial charge in [-0.05, 0) is 31.4 Å². The van der Waals surface area contributed by atoms with Crippen LogP contribution in [0.3, 0.4) is 0 Å². The first-order valence-electron chi connectivity index (χ1n) is 5.73. The Morgan fingerprint density at radius 2 is 2.25 bits per heavy atom. The summed E-state index contributed by atoms with van der Waals surface area (Å²) < 4.78 is 2.28. The van der Waals surface area contributed by atoms with Crippen LogP contribution in [0.4, 0.5) is 0 Å². The van der Waals surface area contributed by atoms with Crippen LogP contribution in [0.15, 0.2) is 12.1 Å². The fourth-order valence-corrected chi connectivity index (χ4v) is 3.08. The minimum atomic E-state index is 0.745. The zero-order valence-corrected chi connectivity index (χ0v) is 10.4. The van der Waals surface area contributed by atoms with E-state index in [1.54, 1.807) is 11.3 Å². The van der Waals surface area contributed by atoms with Gasteiger partial charge in [0.05, 0.1) is 4.88 Å². The standard InChI is InChI=1S/C12H15N3S/c1-8-5-6-15-11(7-8)13-14-12(15)10-4-3-9(2)16-10/h3-4,8H,5-7H2,1-2H3. The van der Waals surface area contributed by atoms with Crippen molar-refractivity contribution in [2.75, 3.05) is 0 Å². The summed E-state index contributed by atoms with van der Waals surface area (Å²) in [4.78, 5) is 2.57. The third kappa shape index (κ3) is 1.57. The molecule has 0 radical (unpaired) electrons. The van der Waals surface area contributed by atoms with E-state index in [4.69, 9.17) is 0 Å². The Morgan fingerprint density at radius 3 is 3.00 bits per heavy atom. The van der Waals surface area contributed by atoms with Crippen LogP contribution in [0, 0.1) is 12.8 Å². The van der Waals surface area contributed by atoms with Crippen LogP contribution in [0.1, 0.15) is 24.0 Å². The van der Waals surface area contributed by atoms with E-state index in [-0.39, 0.29) is 0 Å². The van der Waals surface area contributed by atoms with Gasteiger partial charge in [-0.15, -0.1) is 21.5 Å². The highest BCUT2D eigenvalue weighted by Gasteiger charge is 2.21. The zero-order valence-electron chi connectivity index (χ0n) is 9.60. The molecule has 2 aromatic rings. The molecule has 0 aliphatic carbocycles. The summed E-state index contributed by atoms with van der Waals surface area (Å²) in [6.07, 6.45) is 2.31. The highest BCUT2D eigenvalue weighted by Crippen LogP contribution is 2.29. The van der Waals surface area contributed by atoms with Gasteiger partial charge >= 0.3 is 0 Å². The number of hydrogen-bond donors (Lipinski definition) is 0. The predicted octanol–water partition coefficient (Wildman–Crippen LogP) is 2.90. The predicted molar refractivity (Wildman–Crippen MR) is 65.6 cm³/mol. The van der Waals surface area contributed by atoms with E-state index in [0.717, 1.165) is 30.5 Å². The lowest BCUT2D eigenvalue weighted by molar-refractivity contribution is 0.411. The number of hydrogen-bond acceptors (Lipinski definition) is 3. The molecule has 1 aliphatic rings. The third-order valence-electron chi connectivity index (χ3n) is 3.16. The summed E-state index contributed by atoms with van der Waals surface area (Å²) in [5.74, 6) is 2.95. The number of aromatic nitrogens is 3. The molecule has 0 bridgehead atoms. The van der Waals surface area contributed by atoms with Gasteiger partial charge in [-0.25, -0.2) is 0 Å². The molecule has 0 fully saturated rings. The van der Waals surface area contributed by atoms with Crippen molar-refractivity contribution in [2.45, 2.75) is 33.2 Å². The first-order valence-corrected chi connectivity index (χ1v) is 6.54. The molecular formula is C12H15N3S. The monoisotopic (exact) mass is 233 g/mol. The van der Waals surface area contributed by atoms with Crippen molar-refractivity contribution >= 4 is 11.3 Å². The van der Waals surface area contributed by atoms with E-state index in [2.05, 4.69) is 40.7 Å². The summed E-state index contributed by atoms with van der Waals surface area (Å²) >= 11 is 1.80. The number of thiophene rings is 1. The molecule has 0 spiro atoms. The van der Waals surface area contributed by atoms with Gasteiger partial charge in [0.2, 0.25) is 0 Å². The Kier molecular flexibility index (Phi) is 2.32. The molecule has 3 rings (SSSR count). The maximum atomic E-state index is 4.34. The van der Waals surface area contributed by atoms with Crippen LogP contribution >= 0.6 is 11.3 Å². The van der Waals surface area contributed by atoms with Gasteiger partial charge in [0.25, 0.3) is 0 Å². The topological polar surface area (TPSA) is 30.7 Å². The Labute approximate surface area is 99.1 Å². The van der Waals surface area contributed by atoms with Crippen molar-refractivity contribution in [3.8, 4) is 10.7 Å². The number of fused-ring (bicyclic) bond motifs is 1. The highest BCUT2D eigenvalue weighted by atomic mass is 32.1. The van der Waals surface area contributed by atoms with Gasteiger partial charge in [-0.1, -0.05) is 6.92 Å². The van der Waals surface area contributed by atoms with E-state index in [0.29, 0.717) is 0 Å². The molecule has 2 aromatic heterocycles. The van der Waals surface area contributed by atoms with E-state index < -0.39 is 0 Å². The van der Waals surface area contributed by atoms with E-state index in [1.165, 1.54) is 16.2 Å². The lowest BCUT2D eigenvalue weighted by Crippen LogP contribution is -2.17. The zero-order chi connectivity index (χ0) is 11.1. The molecule has 16 heavy (non-hydrogen) atoms. The lowest BCUT2D eigenvalue weighted by Gasteiger charge is -2.19. The Bertz CT molecular complexity index is 512. The molecule has 1 atom stereocenters. The van der Waals surface area contributed by atoms with E-state index in [9.17, 15) is 0 Å². The molecule has 84 valence electrons. The fraction of sp³-hybridized carbons (Fsp3) is 0.500. The van der Waals surface area contributed by atoms with Crippen LogP contribution in [0.25, 0.3) is 10.7 Å². The van der Waals surface area contributed by atoms with Crippen LogP contribution in [0.5, 0.6) is 0 Å². The minimum absolute atomic E-state index is 0.745. The quantitative estimate of drug-likeness (QED) is 0.758. The van der Waals surface area contributed by atoms with Gasteiger partial charge in [-0.2, -0.15) is 0 Å². The van der Waals surface area contributed by atoms with E-state index >= 15 is 0 Å². The molecule has 3 heterocycles. The van der Waals surface area contributed by atoms with Crippen molar-refractivity contribution in [2.24, 2.45) is 5.92 Å². The number of nitrogens with zero attached hydrogens (tertiary/aromatic N) is 3. The highest BCUT2D eigenvalue weighted by molar-refractivity contribution is 7.15.